The van der Waals surface area contributed by atoms with E-state index >= 15 is 0 Å². The molecule has 0 aromatic rings. The summed E-state index contributed by atoms with van der Waals surface area (Å²) in [6, 6.07) is 0. The molecule has 0 bridgehead atoms. The van der Waals surface area contributed by atoms with Gasteiger partial charge in [0.15, 0.2) is 0 Å². The van der Waals surface area contributed by atoms with Gasteiger partial charge in [0, 0.05) is 26.2 Å². The summed E-state index contributed by atoms with van der Waals surface area (Å²) in [4.78, 5) is 6.51. The van der Waals surface area contributed by atoms with Crippen LogP contribution in [0.15, 0.2) is 0 Å². The van der Waals surface area contributed by atoms with Gasteiger partial charge in [0.05, 0.1) is 26.4 Å². The Kier molecular flexibility index (Phi) is 11.7. The van der Waals surface area contributed by atoms with Crippen molar-refractivity contribution in [3.05, 3.63) is 0 Å². The van der Waals surface area contributed by atoms with Crippen LogP contribution >= 0.6 is 0 Å². The molecular formula is C13H31N3O2. The van der Waals surface area contributed by atoms with Crippen LogP contribution in [0.3, 0.4) is 0 Å². The van der Waals surface area contributed by atoms with Crippen molar-refractivity contribution in [2.24, 2.45) is 0 Å². The lowest BCUT2D eigenvalue weighted by Crippen LogP contribution is -2.32. The maximum absolute atomic E-state index is 5.37. The fraction of sp³-hybridized carbons (Fsp3) is 1.00. The van der Waals surface area contributed by atoms with E-state index in [0.717, 1.165) is 52.6 Å². The minimum absolute atomic E-state index is 0.834. The largest absolute Gasteiger partial charge is 0.379 e. The zero-order chi connectivity index (χ0) is 13.8. The zero-order valence-corrected chi connectivity index (χ0v) is 12.8. The highest BCUT2D eigenvalue weighted by molar-refractivity contribution is 4.53. The maximum atomic E-state index is 5.37. The highest BCUT2D eigenvalue weighted by Gasteiger charge is 2.02. The van der Waals surface area contributed by atoms with Gasteiger partial charge in [-0.15, -0.1) is 0 Å². The normalized spacial score (nSPS) is 16.8. The van der Waals surface area contributed by atoms with Crippen molar-refractivity contribution in [1.29, 1.82) is 0 Å². The van der Waals surface area contributed by atoms with Crippen molar-refractivity contribution in [2.75, 3.05) is 87.8 Å². The molecule has 5 heteroatoms. The van der Waals surface area contributed by atoms with E-state index in [1.807, 2.05) is 0 Å². The van der Waals surface area contributed by atoms with Gasteiger partial charge in [-0.2, -0.15) is 0 Å². The van der Waals surface area contributed by atoms with Gasteiger partial charge in [0.2, 0.25) is 0 Å². The third kappa shape index (κ3) is 13.9. The number of morpholine rings is 1. The first-order chi connectivity index (χ1) is 8.52. The lowest BCUT2D eigenvalue weighted by molar-refractivity contribution is 0.0503. The maximum Gasteiger partial charge on any atom is 0.0594 e. The van der Waals surface area contributed by atoms with Gasteiger partial charge in [-0.3, -0.25) is 0 Å². The Morgan fingerprint density at radius 2 is 1.39 bits per heavy atom. The monoisotopic (exact) mass is 261 g/mol. The van der Waals surface area contributed by atoms with Crippen molar-refractivity contribution in [3.63, 3.8) is 0 Å². The molecule has 0 amide bonds. The Morgan fingerprint density at radius 3 is 1.67 bits per heavy atom. The Balaban J connectivity index is 0.000000351. The third-order valence-electron chi connectivity index (χ3n) is 2.60. The highest BCUT2D eigenvalue weighted by Crippen LogP contribution is 1.89. The van der Waals surface area contributed by atoms with Crippen LogP contribution in [0, 0.1) is 0 Å². The predicted octanol–water partition coefficient (Wildman–Crippen LogP) is 0.0746. The first-order valence-corrected chi connectivity index (χ1v) is 6.66. The molecule has 0 radical (unpaired) electrons. The van der Waals surface area contributed by atoms with Crippen molar-refractivity contribution < 1.29 is 9.47 Å². The van der Waals surface area contributed by atoms with Crippen LogP contribution in [0.25, 0.3) is 0 Å². The Hall–Kier alpha value is -0.200. The van der Waals surface area contributed by atoms with Gasteiger partial charge >= 0.3 is 0 Å². The van der Waals surface area contributed by atoms with Crippen LogP contribution in [-0.2, 0) is 9.47 Å². The minimum Gasteiger partial charge on any atom is -0.379 e. The second kappa shape index (κ2) is 11.9. The van der Waals surface area contributed by atoms with Crippen LogP contribution in [-0.4, -0.2) is 103 Å². The fourth-order valence-electron chi connectivity index (χ4n) is 1.25. The van der Waals surface area contributed by atoms with Gasteiger partial charge in [-0.1, -0.05) is 0 Å². The van der Waals surface area contributed by atoms with Gasteiger partial charge in [0.25, 0.3) is 0 Å². The van der Waals surface area contributed by atoms with Gasteiger partial charge in [0.1, 0.15) is 0 Å². The SMILES string of the molecule is CN(C)CCOCCN(C)C.CN1CCOCC1. The van der Waals surface area contributed by atoms with Crippen LogP contribution in [0.2, 0.25) is 0 Å². The second-order valence-electron chi connectivity index (χ2n) is 5.13. The number of likely N-dealkylation sites (N-methyl/N-ethyl adjacent to an activating group) is 3. The number of hydrogen-bond donors (Lipinski definition) is 0. The standard InChI is InChI=1S/C8H20N2O.C5H11NO/c1-9(2)5-7-11-8-6-10(3)4;1-6-2-4-7-5-3-6/h5-8H2,1-4H3;2-5H2,1H3. The quantitative estimate of drug-likeness (QED) is 0.631. The van der Waals surface area contributed by atoms with Crippen molar-refractivity contribution in [1.82, 2.24) is 14.7 Å². The zero-order valence-electron chi connectivity index (χ0n) is 12.8. The predicted molar refractivity (Wildman–Crippen MR) is 76.2 cm³/mol. The van der Waals surface area contributed by atoms with Crippen LogP contribution in [0.5, 0.6) is 0 Å². The van der Waals surface area contributed by atoms with Gasteiger partial charge < -0.3 is 24.2 Å². The highest BCUT2D eigenvalue weighted by atomic mass is 16.5. The summed E-state index contributed by atoms with van der Waals surface area (Å²) in [5, 5.41) is 0. The molecule has 1 aliphatic heterocycles. The average molecular weight is 261 g/mol. The summed E-state index contributed by atoms with van der Waals surface area (Å²) in [7, 11) is 10.3. The van der Waals surface area contributed by atoms with E-state index in [9.17, 15) is 0 Å². The molecule has 1 saturated heterocycles. The van der Waals surface area contributed by atoms with Crippen LogP contribution < -0.4 is 0 Å². The van der Waals surface area contributed by atoms with E-state index in [1.165, 1.54) is 0 Å². The number of hydrogen-bond acceptors (Lipinski definition) is 5. The smallest absolute Gasteiger partial charge is 0.0594 e. The van der Waals surface area contributed by atoms with Crippen LogP contribution in [0.1, 0.15) is 0 Å². The summed E-state index contributed by atoms with van der Waals surface area (Å²) in [6.07, 6.45) is 0. The van der Waals surface area contributed by atoms with E-state index < -0.39 is 0 Å². The van der Waals surface area contributed by atoms with Crippen LogP contribution in [0.4, 0.5) is 0 Å². The summed E-state index contributed by atoms with van der Waals surface area (Å²) < 4.78 is 10.5. The van der Waals surface area contributed by atoms with E-state index in [1.54, 1.807) is 0 Å². The van der Waals surface area contributed by atoms with E-state index in [4.69, 9.17) is 9.47 Å². The molecule has 1 fully saturated rings. The summed E-state index contributed by atoms with van der Waals surface area (Å²) in [5.41, 5.74) is 0. The topological polar surface area (TPSA) is 28.2 Å². The molecule has 0 spiro atoms. The minimum atomic E-state index is 0.834. The molecule has 1 heterocycles. The molecule has 1 rings (SSSR count). The Labute approximate surface area is 113 Å². The van der Waals surface area contributed by atoms with E-state index in [2.05, 4.69) is 49.9 Å². The first-order valence-electron chi connectivity index (χ1n) is 6.66. The molecule has 5 nitrogen and oxygen atoms in total. The molecule has 0 aromatic carbocycles. The van der Waals surface area contributed by atoms with Crippen molar-refractivity contribution in [3.8, 4) is 0 Å². The lowest BCUT2D eigenvalue weighted by atomic mass is 10.5. The molecular weight excluding hydrogens is 230 g/mol. The molecule has 18 heavy (non-hydrogen) atoms. The summed E-state index contributed by atoms with van der Waals surface area (Å²) in [5.74, 6) is 0. The molecule has 0 aliphatic carbocycles. The van der Waals surface area contributed by atoms with Gasteiger partial charge in [-0.25, -0.2) is 0 Å². The molecule has 0 unspecified atom stereocenters. The molecule has 0 atom stereocenters. The summed E-state index contributed by atoms with van der Waals surface area (Å²) >= 11 is 0. The number of rotatable bonds is 6. The first kappa shape index (κ1) is 17.8. The van der Waals surface area contributed by atoms with Crippen molar-refractivity contribution in [2.45, 2.75) is 0 Å². The molecule has 0 aromatic heterocycles. The average Bonchev–Trinajstić information content (AvgIpc) is 2.29. The molecule has 0 N–H and O–H groups in total. The number of ether oxygens (including phenoxy) is 2. The fourth-order valence-corrected chi connectivity index (χ4v) is 1.25. The third-order valence-corrected chi connectivity index (χ3v) is 2.60. The lowest BCUT2D eigenvalue weighted by Gasteiger charge is -2.21. The molecule has 1 aliphatic rings. The van der Waals surface area contributed by atoms with E-state index in [-0.39, 0.29) is 0 Å². The van der Waals surface area contributed by atoms with Crippen molar-refractivity contribution >= 4 is 0 Å². The second-order valence-corrected chi connectivity index (χ2v) is 5.13. The molecule has 110 valence electrons. The molecule has 0 saturated carbocycles. The van der Waals surface area contributed by atoms with E-state index in [0.29, 0.717) is 0 Å². The Bertz CT molecular complexity index is 162. The number of nitrogens with zero attached hydrogens (tertiary/aromatic N) is 3. The van der Waals surface area contributed by atoms with Gasteiger partial charge in [-0.05, 0) is 35.2 Å². The summed E-state index contributed by atoms with van der Waals surface area (Å²) in [6.45, 7) is 7.70. The Morgan fingerprint density at radius 1 is 0.944 bits per heavy atom.